The van der Waals surface area contributed by atoms with Crippen molar-refractivity contribution in [3.63, 3.8) is 0 Å². The van der Waals surface area contributed by atoms with Crippen LogP contribution >= 0.6 is 15.9 Å². The van der Waals surface area contributed by atoms with Crippen LogP contribution in [0.15, 0.2) is 27.8 Å². The van der Waals surface area contributed by atoms with Crippen LogP contribution in [-0.2, 0) is 11.3 Å². The molecule has 0 aliphatic carbocycles. The average molecular weight is 420 g/mol. The largest absolute Gasteiger partial charge is 0.501 e. The normalized spacial score (nSPS) is 10.7. The van der Waals surface area contributed by atoms with Crippen molar-refractivity contribution >= 4 is 33.6 Å². The van der Waals surface area contributed by atoms with Crippen molar-refractivity contribution in [2.75, 3.05) is 12.5 Å². The Morgan fingerprint density at radius 2 is 2.27 bits per heavy atom. The van der Waals surface area contributed by atoms with Gasteiger partial charge in [-0.05, 0) is 35.0 Å². The summed E-state index contributed by atoms with van der Waals surface area (Å²) in [5.41, 5.74) is 4.24. The molecule has 9 nitrogen and oxygen atoms in total. The van der Waals surface area contributed by atoms with Crippen LogP contribution in [0.4, 0.5) is 11.5 Å². The minimum absolute atomic E-state index is 0.168. The standard InChI is InChI=1S/C16H14BrN5O4/c1-9-3-11(8-26-2)12(6-18)16(20-9)21-19-7-10-4-13(17)15(23)14(5-10)22(24)25/h3-5,7,23H,8H2,1-2H3,(H,20,21)/b19-7+. The number of aromatic nitrogens is 1. The van der Waals surface area contributed by atoms with Gasteiger partial charge < -0.3 is 9.84 Å². The van der Waals surface area contributed by atoms with Gasteiger partial charge in [-0.15, -0.1) is 0 Å². The summed E-state index contributed by atoms with van der Waals surface area (Å²) in [7, 11) is 1.53. The maximum atomic E-state index is 10.9. The van der Waals surface area contributed by atoms with E-state index < -0.39 is 16.4 Å². The number of nitrogens with zero attached hydrogens (tertiary/aromatic N) is 4. The van der Waals surface area contributed by atoms with Crippen molar-refractivity contribution in [2.24, 2.45) is 5.10 Å². The smallest absolute Gasteiger partial charge is 0.312 e. The van der Waals surface area contributed by atoms with E-state index in [0.717, 1.165) is 0 Å². The van der Waals surface area contributed by atoms with Crippen molar-refractivity contribution < 1.29 is 14.8 Å². The number of nitriles is 1. The summed E-state index contributed by atoms with van der Waals surface area (Å²) in [4.78, 5) is 14.5. The van der Waals surface area contributed by atoms with E-state index in [4.69, 9.17) is 4.74 Å². The van der Waals surface area contributed by atoms with E-state index in [-0.39, 0.29) is 16.9 Å². The van der Waals surface area contributed by atoms with Gasteiger partial charge in [-0.3, -0.25) is 15.5 Å². The lowest BCUT2D eigenvalue weighted by Gasteiger charge is -2.09. The Hall–Kier alpha value is -3.03. The third-order valence-corrected chi connectivity index (χ3v) is 3.89. The molecule has 0 radical (unpaired) electrons. The van der Waals surface area contributed by atoms with Gasteiger partial charge in [-0.1, -0.05) is 0 Å². The maximum Gasteiger partial charge on any atom is 0.312 e. The fraction of sp³-hybridized carbons (Fsp3) is 0.188. The Morgan fingerprint density at radius 1 is 1.54 bits per heavy atom. The molecule has 10 heteroatoms. The molecule has 0 bridgehead atoms. The first-order chi connectivity index (χ1) is 12.4. The molecule has 0 fully saturated rings. The number of methoxy groups -OCH3 is 1. The fourth-order valence-electron chi connectivity index (χ4n) is 2.20. The second kappa shape index (κ2) is 8.37. The summed E-state index contributed by atoms with van der Waals surface area (Å²) < 4.78 is 5.24. The molecule has 0 amide bonds. The van der Waals surface area contributed by atoms with Gasteiger partial charge in [-0.25, -0.2) is 4.98 Å². The van der Waals surface area contributed by atoms with Gasteiger partial charge in [0.05, 0.1) is 22.2 Å². The van der Waals surface area contributed by atoms with Crippen molar-refractivity contribution in [2.45, 2.75) is 13.5 Å². The van der Waals surface area contributed by atoms with Crippen LogP contribution < -0.4 is 5.43 Å². The van der Waals surface area contributed by atoms with Crippen LogP contribution in [0.25, 0.3) is 0 Å². The number of hydrogen-bond acceptors (Lipinski definition) is 8. The molecule has 0 aliphatic heterocycles. The molecule has 2 rings (SSSR count). The lowest BCUT2D eigenvalue weighted by Crippen LogP contribution is -2.03. The molecule has 0 atom stereocenters. The number of nitro groups is 1. The highest BCUT2D eigenvalue weighted by Crippen LogP contribution is 2.34. The fourth-order valence-corrected chi connectivity index (χ4v) is 2.67. The van der Waals surface area contributed by atoms with Gasteiger partial charge in [0.25, 0.3) is 0 Å². The van der Waals surface area contributed by atoms with Crippen LogP contribution in [0.5, 0.6) is 5.75 Å². The number of phenols is 1. The highest BCUT2D eigenvalue weighted by Gasteiger charge is 2.17. The molecule has 0 unspecified atom stereocenters. The zero-order chi connectivity index (χ0) is 19.3. The second-order valence-corrected chi connectivity index (χ2v) is 6.04. The number of hydrazone groups is 1. The summed E-state index contributed by atoms with van der Waals surface area (Å²) in [6.45, 7) is 2.03. The van der Waals surface area contributed by atoms with Gasteiger partial charge in [0.15, 0.2) is 5.82 Å². The third-order valence-electron chi connectivity index (χ3n) is 3.29. The number of halogens is 1. The van der Waals surface area contributed by atoms with Crippen molar-refractivity contribution in [1.82, 2.24) is 4.98 Å². The number of pyridine rings is 1. The Balaban J connectivity index is 2.32. The molecule has 2 N–H and O–H groups in total. The highest BCUT2D eigenvalue weighted by molar-refractivity contribution is 9.10. The topological polar surface area (TPSA) is 134 Å². The molecule has 134 valence electrons. The Bertz CT molecular complexity index is 924. The number of phenolic OH excluding ortho intramolecular Hbond substituents is 1. The molecular weight excluding hydrogens is 406 g/mol. The summed E-state index contributed by atoms with van der Waals surface area (Å²) in [6, 6.07) is 6.45. The summed E-state index contributed by atoms with van der Waals surface area (Å²) in [5, 5.41) is 33.9. The first kappa shape index (κ1) is 19.3. The first-order valence-electron chi connectivity index (χ1n) is 7.23. The minimum Gasteiger partial charge on any atom is -0.501 e. The molecule has 0 spiro atoms. The zero-order valence-corrected chi connectivity index (χ0v) is 15.4. The molecule has 1 aromatic carbocycles. The Labute approximate surface area is 157 Å². The van der Waals surface area contributed by atoms with E-state index in [1.54, 1.807) is 13.0 Å². The number of anilines is 1. The Morgan fingerprint density at radius 3 is 2.88 bits per heavy atom. The third kappa shape index (κ3) is 4.33. The number of rotatable bonds is 6. The van der Waals surface area contributed by atoms with E-state index in [2.05, 4.69) is 37.5 Å². The molecule has 0 saturated heterocycles. The molecule has 0 aliphatic rings. The predicted octanol–water partition coefficient (Wildman–Crippen LogP) is 3.23. The lowest BCUT2D eigenvalue weighted by atomic mass is 10.1. The van der Waals surface area contributed by atoms with Crippen LogP contribution in [0, 0.1) is 28.4 Å². The van der Waals surface area contributed by atoms with E-state index in [1.165, 1.54) is 25.5 Å². The van der Waals surface area contributed by atoms with Gasteiger partial charge in [0.2, 0.25) is 5.75 Å². The maximum absolute atomic E-state index is 10.9. The summed E-state index contributed by atoms with van der Waals surface area (Å²) in [6.07, 6.45) is 1.32. The lowest BCUT2D eigenvalue weighted by molar-refractivity contribution is -0.386. The number of hydrogen-bond donors (Lipinski definition) is 2. The molecule has 1 aromatic heterocycles. The van der Waals surface area contributed by atoms with Gasteiger partial charge in [-0.2, -0.15) is 10.4 Å². The summed E-state index contributed by atoms with van der Waals surface area (Å²) >= 11 is 3.06. The molecule has 2 aromatic rings. The van der Waals surface area contributed by atoms with Crippen LogP contribution in [0.2, 0.25) is 0 Å². The number of nitro benzene ring substituents is 1. The molecule has 1 heterocycles. The molecule has 26 heavy (non-hydrogen) atoms. The monoisotopic (exact) mass is 419 g/mol. The zero-order valence-electron chi connectivity index (χ0n) is 13.9. The SMILES string of the molecule is COCc1cc(C)nc(N/N=C/c2cc(Br)c(O)c([N+](=O)[O-])c2)c1C#N. The van der Waals surface area contributed by atoms with Crippen LogP contribution in [0.3, 0.4) is 0 Å². The number of aromatic hydroxyl groups is 1. The van der Waals surface area contributed by atoms with Gasteiger partial charge in [0.1, 0.15) is 11.6 Å². The van der Waals surface area contributed by atoms with Crippen molar-refractivity contribution in [3.8, 4) is 11.8 Å². The first-order valence-corrected chi connectivity index (χ1v) is 8.02. The van der Waals surface area contributed by atoms with Gasteiger partial charge in [0, 0.05) is 30.0 Å². The van der Waals surface area contributed by atoms with Crippen LogP contribution in [0.1, 0.15) is 22.4 Å². The van der Waals surface area contributed by atoms with Crippen molar-refractivity contribution in [3.05, 3.63) is 55.2 Å². The Kier molecular flexibility index (Phi) is 6.21. The number of nitrogens with one attached hydrogen (secondary N) is 1. The number of benzene rings is 1. The molecule has 0 saturated carbocycles. The number of ether oxygens (including phenoxy) is 1. The van der Waals surface area contributed by atoms with Crippen molar-refractivity contribution in [1.29, 1.82) is 5.26 Å². The predicted molar refractivity (Wildman–Crippen MR) is 98.1 cm³/mol. The van der Waals surface area contributed by atoms with Gasteiger partial charge >= 0.3 is 5.69 Å². The second-order valence-electron chi connectivity index (χ2n) is 5.19. The number of aryl methyl sites for hydroxylation is 1. The van der Waals surface area contributed by atoms with E-state index in [1.807, 2.05) is 0 Å². The highest BCUT2D eigenvalue weighted by atomic mass is 79.9. The minimum atomic E-state index is -0.697. The van der Waals surface area contributed by atoms with E-state index in [9.17, 15) is 20.5 Å². The summed E-state index contributed by atoms with van der Waals surface area (Å²) in [5.74, 6) is -0.209. The molecular formula is C16H14BrN5O4. The average Bonchev–Trinajstić information content (AvgIpc) is 2.57. The van der Waals surface area contributed by atoms with Crippen LogP contribution in [-0.4, -0.2) is 28.3 Å². The van der Waals surface area contributed by atoms with E-state index in [0.29, 0.717) is 22.4 Å². The quantitative estimate of drug-likeness (QED) is 0.416. The van der Waals surface area contributed by atoms with E-state index >= 15 is 0 Å².